The van der Waals surface area contributed by atoms with Gasteiger partial charge >= 0.3 is 0 Å². The van der Waals surface area contributed by atoms with E-state index < -0.39 is 0 Å². The molecule has 0 N–H and O–H groups in total. The van der Waals surface area contributed by atoms with Crippen LogP contribution in [-0.2, 0) is 4.79 Å². The highest BCUT2D eigenvalue weighted by Gasteiger charge is 2.51. The van der Waals surface area contributed by atoms with E-state index in [2.05, 4.69) is 6.92 Å². The summed E-state index contributed by atoms with van der Waals surface area (Å²) in [5.74, 6) is 4.13. The fraction of sp³-hybridized carbons (Fsp3) is 0.909. The van der Waals surface area contributed by atoms with Crippen molar-refractivity contribution in [3.8, 4) is 0 Å². The molecule has 0 heterocycles. The molecular formula is C11H16O. The summed E-state index contributed by atoms with van der Waals surface area (Å²) in [6.07, 6.45) is 5.13. The lowest BCUT2D eigenvalue weighted by Gasteiger charge is -2.52. The maximum absolute atomic E-state index is 11.8. The molecule has 5 atom stereocenters. The van der Waals surface area contributed by atoms with Crippen molar-refractivity contribution in [2.75, 3.05) is 0 Å². The highest BCUT2D eigenvalue weighted by Crippen LogP contribution is 2.54. The van der Waals surface area contributed by atoms with Crippen LogP contribution in [0, 0.1) is 29.6 Å². The Labute approximate surface area is 73.5 Å². The minimum Gasteiger partial charge on any atom is -0.299 e. The summed E-state index contributed by atoms with van der Waals surface area (Å²) >= 11 is 0. The van der Waals surface area contributed by atoms with Gasteiger partial charge in [0.2, 0.25) is 0 Å². The molecule has 0 aliphatic heterocycles. The Balaban J connectivity index is 1.98. The standard InChI is InChI=1S/C11H16O/c1-6-8-2-7-3-9(5-8)11(12)10(6)4-7/h6-10H,2-5H2,1H3/t6-,7?,8?,9?,10?/m0/s1. The molecule has 0 radical (unpaired) electrons. The first-order valence-electron chi connectivity index (χ1n) is 5.29. The molecule has 4 rings (SSSR count). The van der Waals surface area contributed by atoms with Crippen LogP contribution < -0.4 is 0 Å². The van der Waals surface area contributed by atoms with Crippen LogP contribution in [0.15, 0.2) is 0 Å². The second-order valence-electron chi connectivity index (χ2n) is 5.13. The van der Waals surface area contributed by atoms with Gasteiger partial charge in [-0.3, -0.25) is 4.79 Å². The first-order chi connectivity index (χ1) is 5.75. The molecule has 4 fully saturated rings. The number of carbonyl (C=O) groups excluding carboxylic acids is 1. The molecule has 4 saturated carbocycles. The van der Waals surface area contributed by atoms with Gasteiger partial charge in [-0.25, -0.2) is 0 Å². The molecule has 0 aromatic heterocycles. The van der Waals surface area contributed by atoms with Crippen LogP contribution in [0.1, 0.15) is 32.6 Å². The number of ketones is 1. The van der Waals surface area contributed by atoms with E-state index in [1.165, 1.54) is 25.7 Å². The largest absolute Gasteiger partial charge is 0.299 e. The number of rotatable bonds is 0. The van der Waals surface area contributed by atoms with Crippen LogP contribution in [0.25, 0.3) is 0 Å². The topological polar surface area (TPSA) is 17.1 Å². The molecule has 4 aliphatic carbocycles. The molecule has 4 bridgehead atoms. The zero-order valence-corrected chi connectivity index (χ0v) is 7.62. The molecule has 0 amide bonds. The minimum absolute atomic E-state index is 0.473. The van der Waals surface area contributed by atoms with Gasteiger partial charge in [-0.1, -0.05) is 6.92 Å². The zero-order valence-electron chi connectivity index (χ0n) is 7.62. The van der Waals surface area contributed by atoms with Crippen LogP contribution >= 0.6 is 0 Å². The van der Waals surface area contributed by atoms with Crippen LogP contribution in [0.3, 0.4) is 0 Å². The molecule has 12 heavy (non-hydrogen) atoms. The van der Waals surface area contributed by atoms with Gasteiger partial charge in [-0.2, -0.15) is 0 Å². The monoisotopic (exact) mass is 164 g/mol. The number of hydrogen-bond acceptors (Lipinski definition) is 1. The molecule has 0 aromatic carbocycles. The summed E-state index contributed by atoms with van der Waals surface area (Å²) in [5.41, 5.74) is 0. The van der Waals surface area contributed by atoms with E-state index >= 15 is 0 Å². The highest BCUT2D eigenvalue weighted by atomic mass is 16.1. The average Bonchev–Trinajstić information content (AvgIpc) is 2.07. The Hall–Kier alpha value is -0.330. The van der Waals surface area contributed by atoms with Gasteiger partial charge in [0.1, 0.15) is 5.78 Å². The molecule has 0 saturated heterocycles. The lowest BCUT2D eigenvalue weighted by molar-refractivity contribution is -0.145. The second kappa shape index (κ2) is 2.12. The first kappa shape index (κ1) is 7.11. The predicted molar refractivity (Wildman–Crippen MR) is 46.6 cm³/mol. The van der Waals surface area contributed by atoms with Crippen molar-refractivity contribution in [2.45, 2.75) is 32.6 Å². The molecule has 66 valence electrons. The number of Topliss-reactive ketones (excluding diaryl/α,β-unsaturated/α-hetero) is 1. The Morgan fingerprint density at radius 1 is 1.17 bits per heavy atom. The highest BCUT2D eigenvalue weighted by molar-refractivity contribution is 5.85. The van der Waals surface area contributed by atoms with E-state index in [1.807, 2.05) is 0 Å². The van der Waals surface area contributed by atoms with Gasteiger partial charge in [0.15, 0.2) is 0 Å². The van der Waals surface area contributed by atoms with E-state index in [1.54, 1.807) is 0 Å². The minimum atomic E-state index is 0.473. The average molecular weight is 164 g/mol. The lowest BCUT2D eigenvalue weighted by Crippen LogP contribution is -2.50. The maximum atomic E-state index is 11.8. The van der Waals surface area contributed by atoms with Gasteiger partial charge in [0, 0.05) is 11.8 Å². The van der Waals surface area contributed by atoms with E-state index in [4.69, 9.17) is 0 Å². The number of hydrogen-bond donors (Lipinski definition) is 0. The van der Waals surface area contributed by atoms with Gasteiger partial charge in [0.05, 0.1) is 0 Å². The Morgan fingerprint density at radius 2 is 2.00 bits per heavy atom. The molecule has 4 unspecified atom stereocenters. The normalized spacial score (nSPS) is 56.4. The van der Waals surface area contributed by atoms with Crippen LogP contribution in [0.4, 0.5) is 0 Å². The summed E-state index contributed by atoms with van der Waals surface area (Å²) in [6.45, 7) is 2.30. The molecule has 4 aliphatic rings. The van der Waals surface area contributed by atoms with Crippen molar-refractivity contribution in [3.05, 3.63) is 0 Å². The van der Waals surface area contributed by atoms with Crippen molar-refractivity contribution < 1.29 is 4.79 Å². The number of carbonyl (C=O) groups is 1. The predicted octanol–water partition coefficient (Wildman–Crippen LogP) is 2.26. The smallest absolute Gasteiger partial charge is 0.139 e. The lowest BCUT2D eigenvalue weighted by atomic mass is 9.52. The van der Waals surface area contributed by atoms with Crippen molar-refractivity contribution in [1.82, 2.24) is 0 Å². The quantitative estimate of drug-likeness (QED) is 0.536. The third-order valence-electron chi connectivity index (χ3n) is 4.57. The molecule has 0 aromatic rings. The SMILES string of the molecule is C[C@H]1C2CC3CC(C2)C(=O)C1C3. The third-order valence-corrected chi connectivity index (χ3v) is 4.57. The van der Waals surface area contributed by atoms with Crippen molar-refractivity contribution in [2.24, 2.45) is 29.6 Å². The van der Waals surface area contributed by atoms with Crippen LogP contribution in [0.2, 0.25) is 0 Å². The Morgan fingerprint density at radius 3 is 2.83 bits per heavy atom. The second-order valence-corrected chi connectivity index (χ2v) is 5.13. The third kappa shape index (κ3) is 0.725. The van der Waals surface area contributed by atoms with E-state index in [9.17, 15) is 4.79 Å². The van der Waals surface area contributed by atoms with Crippen molar-refractivity contribution in [1.29, 1.82) is 0 Å². The maximum Gasteiger partial charge on any atom is 0.139 e. The van der Waals surface area contributed by atoms with Gasteiger partial charge in [-0.15, -0.1) is 0 Å². The van der Waals surface area contributed by atoms with Crippen LogP contribution in [-0.4, -0.2) is 5.78 Å². The van der Waals surface area contributed by atoms with E-state index in [0.717, 1.165) is 11.8 Å². The summed E-state index contributed by atoms with van der Waals surface area (Å²) in [6, 6.07) is 0. The molecule has 0 spiro atoms. The van der Waals surface area contributed by atoms with Crippen LogP contribution in [0.5, 0.6) is 0 Å². The zero-order chi connectivity index (χ0) is 8.29. The first-order valence-corrected chi connectivity index (χ1v) is 5.29. The van der Waals surface area contributed by atoms with E-state index in [-0.39, 0.29) is 0 Å². The van der Waals surface area contributed by atoms with Crippen molar-refractivity contribution in [3.63, 3.8) is 0 Å². The van der Waals surface area contributed by atoms with Gasteiger partial charge in [0.25, 0.3) is 0 Å². The molecule has 1 heteroatoms. The fourth-order valence-corrected chi connectivity index (χ4v) is 3.92. The Kier molecular flexibility index (Phi) is 1.26. The summed E-state index contributed by atoms with van der Waals surface area (Å²) in [4.78, 5) is 11.8. The van der Waals surface area contributed by atoms with Gasteiger partial charge in [-0.05, 0) is 43.4 Å². The van der Waals surface area contributed by atoms with Gasteiger partial charge < -0.3 is 0 Å². The molecular weight excluding hydrogens is 148 g/mol. The van der Waals surface area contributed by atoms with E-state index in [0.29, 0.717) is 23.5 Å². The fourth-order valence-electron chi connectivity index (χ4n) is 3.92. The Bertz CT molecular complexity index is 233. The summed E-state index contributed by atoms with van der Waals surface area (Å²) in [7, 11) is 0. The molecule has 1 nitrogen and oxygen atoms in total. The van der Waals surface area contributed by atoms with Crippen molar-refractivity contribution >= 4 is 5.78 Å². The summed E-state index contributed by atoms with van der Waals surface area (Å²) in [5, 5.41) is 0. The summed E-state index contributed by atoms with van der Waals surface area (Å²) < 4.78 is 0.